The van der Waals surface area contributed by atoms with Crippen molar-refractivity contribution in [2.24, 2.45) is 5.92 Å². The van der Waals surface area contributed by atoms with Gasteiger partial charge in [0, 0.05) is 19.1 Å². The van der Waals surface area contributed by atoms with Gasteiger partial charge in [-0.15, -0.1) is 0 Å². The van der Waals surface area contributed by atoms with E-state index in [2.05, 4.69) is 27.1 Å². The van der Waals surface area contributed by atoms with Crippen LogP contribution in [0.25, 0.3) is 11.0 Å². The number of esters is 1. The molecule has 66 heavy (non-hydrogen) atoms. The minimum Gasteiger partial charge on any atom is -0.491 e. The number of nitrogens with zero attached hydrogens (tertiary/aromatic N) is 3. The van der Waals surface area contributed by atoms with E-state index in [0.717, 1.165) is 16.0 Å². The molecule has 9 rings (SSSR count). The summed E-state index contributed by atoms with van der Waals surface area (Å²) in [7, 11) is 1.46. The van der Waals surface area contributed by atoms with Crippen LogP contribution in [0, 0.1) is 17.8 Å². The highest BCUT2D eigenvalue weighted by atomic mass is 16.6. The average molecular weight is 890 g/mol. The molecule has 5 aromatic carbocycles. The first-order valence-corrected chi connectivity index (χ1v) is 21.7. The summed E-state index contributed by atoms with van der Waals surface area (Å²) < 4.78 is 23.2. The number of imide groups is 1. The van der Waals surface area contributed by atoms with Crippen LogP contribution in [0.5, 0.6) is 5.75 Å². The van der Waals surface area contributed by atoms with Gasteiger partial charge < -0.3 is 39.5 Å². The van der Waals surface area contributed by atoms with Crippen molar-refractivity contribution in [3.05, 3.63) is 161 Å². The van der Waals surface area contributed by atoms with E-state index in [4.69, 9.17) is 18.9 Å². The largest absolute Gasteiger partial charge is 0.491 e. The summed E-state index contributed by atoms with van der Waals surface area (Å²) in [6.45, 7) is -0.609. The number of amides is 3. The number of aromatic nitrogens is 2. The highest BCUT2D eigenvalue weighted by Gasteiger charge is 2.75. The molecule has 15 heteroatoms. The van der Waals surface area contributed by atoms with Crippen molar-refractivity contribution in [3.8, 4) is 17.6 Å². The maximum Gasteiger partial charge on any atom is 0.421 e. The number of hydrogen-bond donors (Lipinski definition) is 4. The number of anilines is 1. The first-order chi connectivity index (χ1) is 32.3. The second kappa shape index (κ2) is 19.0. The third kappa shape index (κ3) is 7.83. The van der Waals surface area contributed by atoms with E-state index < -0.39 is 59.4 Å². The fourth-order valence-corrected chi connectivity index (χ4v) is 9.74. The summed E-state index contributed by atoms with van der Waals surface area (Å²) >= 11 is 0. The van der Waals surface area contributed by atoms with Gasteiger partial charge in [0.2, 0.25) is 11.8 Å². The molecule has 2 fully saturated rings. The first-order valence-electron chi connectivity index (χ1n) is 21.7. The van der Waals surface area contributed by atoms with Crippen LogP contribution in [-0.4, -0.2) is 95.1 Å². The summed E-state index contributed by atoms with van der Waals surface area (Å²) in [5.74, 6) is 3.10. The van der Waals surface area contributed by atoms with Crippen molar-refractivity contribution >= 4 is 40.6 Å². The highest BCUT2D eigenvalue weighted by Crippen LogP contribution is 2.66. The lowest BCUT2D eigenvalue weighted by Crippen LogP contribution is -2.55. The number of rotatable bonds is 13. The zero-order valence-corrected chi connectivity index (χ0v) is 36.0. The molecule has 3 aliphatic heterocycles. The fourth-order valence-electron chi connectivity index (χ4n) is 9.74. The van der Waals surface area contributed by atoms with Crippen LogP contribution in [0.15, 0.2) is 127 Å². The topological polar surface area (TPSA) is 193 Å². The van der Waals surface area contributed by atoms with E-state index in [0.29, 0.717) is 33.8 Å². The molecular weight excluding hydrogens is 843 g/mol. The van der Waals surface area contributed by atoms with Gasteiger partial charge in [-0.1, -0.05) is 96.8 Å². The standard InChI is InChI=1S/C51H47N5O10/c1-63-28-29-65-50(62)55-40-24-19-32(12-10-11-25-57)30-37(40)51(49(55)61)42(47(59)52-31-41-53-38-17-8-9-18-39(38)54-41)44-48(60)66-45(34-15-6-3-7-16-34)43(33-13-4-2-5-14-33)56(44)46(51)35-20-22-36(23-21-35)64-27-26-58/h2-9,13-24,30,42-46,57-58H,11,25-29,31H2,1H3,(H,52,59)(H,53,54). The van der Waals surface area contributed by atoms with Crippen LogP contribution in [-0.2, 0) is 40.6 Å². The molecule has 6 atom stereocenters. The second-order valence-corrected chi connectivity index (χ2v) is 16.1. The Morgan fingerprint density at radius 1 is 0.833 bits per heavy atom. The lowest BCUT2D eigenvalue weighted by Gasteiger charge is -2.46. The molecule has 2 saturated heterocycles. The minimum atomic E-state index is -2.06. The number of imidazole rings is 1. The number of morpholine rings is 1. The Hall–Kier alpha value is -7.35. The SMILES string of the molecule is COCCOC(=O)N1C(=O)C2(c3cc(C#CCCO)ccc31)C(C(=O)NCc1nc3ccccc3[nH]1)C1C(=O)OC(c3ccccc3)C(c3ccccc3)N1C2c1ccc(OCCO)cc1. The Morgan fingerprint density at radius 2 is 1.56 bits per heavy atom. The number of aromatic amines is 1. The number of H-pyrrole nitrogens is 1. The van der Waals surface area contributed by atoms with Crippen molar-refractivity contribution in [1.82, 2.24) is 20.2 Å². The molecule has 6 aromatic rings. The zero-order valence-electron chi connectivity index (χ0n) is 36.0. The number of ether oxygens (including phenoxy) is 4. The summed E-state index contributed by atoms with van der Waals surface area (Å²) in [5, 5.41) is 22.2. The Labute approximate surface area is 380 Å². The van der Waals surface area contributed by atoms with Crippen molar-refractivity contribution in [2.75, 3.05) is 45.0 Å². The van der Waals surface area contributed by atoms with Crippen LogP contribution in [0.1, 0.15) is 58.3 Å². The predicted molar refractivity (Wildman–Crippen MR) is 241 cm³/mol. The number of benzene rings is 5. The molecule has 0 radical (unpaired) electrons. The van der Waals surface area contributed by atoms with Crippen molar-refractivity contribution in [1.29, 1.82) is 0 Å². The predicted octanol–water partition coefficient (Wildman–Crippen LogP) is 5.43. The van der Waals surface area contributed by atoms with Gasteiger partial charge in [0.15, 0.2) is 0 Å². The number of cyclic esters (lactones) is 1. The van der Waals surface area contributed by atoms with Gasteiger partial charge in [-0.2, -0.15) is 0 Å². The number of methoxy groups -OCH3 is 1. The molecule has 336 valence electrons. The maximum atomic E-state index is 16.3. The minimum absolute atomic E-state index is 0.0289. The molecule has 4 N–H and O–H groups in total. The van der Waals surface area contributed by atoms with E-state index in [1.807, 2.05) is 89.8 Å². The molecule has 1 aromatic heterocycles. The van der Waals surface area contributed by atoms with Crippen LogP contribution in [0.4, 0.5) is 10.5 Å². The Kier molecular flexibility index (Phi) is 12.6. The molecule has 1 spiro atoms. The van der Waals surface area contributed by atoms with E-state index in [1.165, 1.54) is 7.11 Å². The first kappa shape index (κ1) is 43.9. The molecule has 6 unspecified atom stereocenters. The maximum absolute atomic E-state index is 16.3. The number of hydrogen-bond acceptors (Lipinski definition) is 12. The molecular formula is C51H47N5O10. The quantitative estimate of drug-likeness (QED) is 0.0654. The van der Waals surface area contributed by atoms with E-state index in [-0.39, 0.29) is 57.3 Å². The van der Waals surface area contributed by atoms with Crippen LogP contribution >= 0.6 is 0 Å². The van der Waals surface area contributed by atoms with Crippen molar-refractivity contribution in [3.63, 3.8) is 0 Å². The van der Waals surface area contributed by atoms with Crippen LogP contribution in [0.3, 0.4) is 0 Å². The molecule has 15 nitrogen and oxygen atoms in total. The molecule has 3 amide bonds. The summed E-state index contributed by atoms with van der Waals surface area (Å²) in [5.41, 5.74) is 2.14. The Bertz CT molecular complexity index is 2780. The zero-order chi connectivity index (χ0) is 45.8. The lowest BCUT2D eigenvalue weighted by molar-refractivity contribution is -0.178. The van der Waals surface area contributed by atoms with Gasteiger partial charge in [-0.25, -0.2) is 14.7 Å². The number of carbonyl (C=O) groups is 4. The van der Waals surface area contributed by atoms with Gasteiger partial charge in [-0.05, 0) is 64.7 Å². The van der Waals surface area contributed by atoms with E-state index in [1.54, 1.807) is 42.5 Å². The van der Waals surface area contributed by atoms with Crippen LogP contribution in [0.2, 0.25) is 0 Å². The fraction of sp³-hybridized carbons (Fsp3) is 0.275. The Balaban J connectivity index is 1.32. The number of aliphatic hydroxyl groups is 2. The van der Waals surface area contributed by atoms with Crippen LogP contribution < -0.4 is 15.0 Å². The Morgan fingerprint density at radius 3 is 2.27 bits per heavy atom. The third-order valence-corrected chi connectivity index (χ3v) is 12.3. The summed E-state index contributed by atoms with van der Waals surface area (Å²) in [6.07, 6.45) is -1.76. The lowest BCUT2D eigenvalue weighted by atomic mass is 9.65. The summed E-state index contributed by atoms with van der Waals surface area (Å²) in [4.78, 5) is 72.4. The third-order valence-electron chi connectivity index (χ3n) is 12.3. The van der Waals surface area contributed by atoms with Gasteiger partial charge >= 0.3 is 12.1 Å². The van der Waals surface area contributed by atoms with Gasteiger partial charge in [0.05, 0.1) is 61.1 Å². The normalized spacial score (nSPS) is 22.0. The van der Waals surface area contributed by atoms with E-state index >= 15 is 14.4 Å². The van der Waals surface area contributed by atoms with Gasteiger partial charge in [-0.3, -0.25) is 19.3 Å². The smallest absolute Gasteiger partial charge is 0.421 e. The van der Waals surface area contributed by atoms with Gasteiger partial charge in [0.1, 0.15) is 42.3 Å². The molecule has 0 saturated carbocycles. The van der Waals surface area contributed by atoms with Gasteiger partial charge in [0.25, 0.3) is 0 Å². The average Bonchev–Trinajstić information content (AvgIpc) is 3.99. The van der Waals surface area contributed by atoms with E-state index in [9.17, 15) is 15.0 Å². The molecule has 3 aliphatic rings. The summed E-state index contributed by atoms with van der Waals surface area (Å²) in [6, 6.07) is 34.6. The molecule has 0 aliphatic carbocycles. The highest BCUT2D eigenvalue weighted by molar-refractivity contribution is 6.23. The second-order valence-electron chi connectivity index (χ2n) is 16.1. The van der Waals surface area contributed by atoms with Crippen molar-refractivity contribution in [2.45, 2.75) is 42.6 Å². The monoisotopic (exact) mass is 889 g/mol. The number of nitrogens with one attached hydrogen (secondary N) is 2. The number of para-hydroxylation sites is 2. The van der Waals surface area contributed by atoms with Crippen molar-refractivity contribution < 1.29 is 48.3 Å². The number of carbonyl (C=O) groups excluding carboxylic acids is 4. The number of fused-ring (bicyclic) bond motifs is 4. The molecule has 0 bridgehead atoms. The molecule has 4 heterocycles. The number of aliphatic hydroxyl groups excluding tert-OH is 2.